The molecule has 1 aromatic heterocycles. The van der Waals surface area contributed by atoms with E-state index < -0.39 is 0 Å². The maximum absolute atomic E-state index is 12.7. The lowest BCUT2D eigenvalue weighted by Crippen LogP contribution is -2.36. The van der Waals surface area contributed by atoms with E-state index >= 15 is 0 Å². The number of hydrogen-bond acceptors (Lipinski definition) is 5. The van der Waals surface area contributed by atoms with E-state index in [1.54, 1.807) is 41.7 Å². The van der Waals surface area contributed by atoms with Crippen molar-refractivity contribution in [2.45, 2.75) is 26.3 Å². The highest BCUT2D eigenvalue weighted by Crippen LogP contribution is 2.17. The summed E-state index contributed by atoms with van der Waals surface area (Å²) in [7, 11) is 1.58. The number of thiazole rings is 1. The summed E-state index contributed by atoms with van der Waals surface area (Å²) >= 11 is 7.32. The first kappa shape index (κ1) is 22.1. The van der Waals surface area contributed by atoms with E-state index in [1.165, 1.54) is 11.3 Å². The van der Waals surface area contributed by atoms with Gasteiger partial charge in [-0.3, -0.25) is 4.79 Å². The summed E-state index contributed by atoms with van der Waals surface area (Å²) < 4.78 is 5.10. The van der Waals surface area contributed by atoms with Crippen molar-refractivity contribution >= 4 is 40.6 Å². The van der Waals surface area contributed by atoms with Crippen LogP contribution in [0.5, 0.6) is 0 Å². The molecule has 1 aromatic carbocycles. The third kappa shape index (κ3) is 7.10. The van der Waals surface area contributed by atoms with Gasteiger partial charge in [-0.15, -0.1) is 11.3 Å². The average molecular weight is 425 g/mol. The van der Waals surface area contributed by atoms with Crippen LogP contribution in [0.3, 0.4) is 0 Å². The molecule has 2 aromatic rings. The molecule has 3 amide bonds. The molecule has 0 spiro atoms. The zero-order valence-electron chi connectivity index (χ0n) is 16.0. The number of anilines is 1. The number of carbonyl (C=O) groups is 2. The van der Waals surface area contributed by atoms with E-state index in [9.17, 15) is 9.59 Å². The molecule has 0 radical (unpaired) electrons. The van der Waals surface area contributed by atoms with Crippen molar-refractivity contribution in [1.82, 2.24) is 15.2 Å². The molecule has 0 atom stereocenters. The molecule has 0 saturated carbocycles. The van der Waals surface area contributed by atoms with E-state index in [1.807, 2.05) is 0 Å². The number of methoxy groups -OCH3 is 1. The van der Waals surface area contributed by atoms with Crippen molar-refractivity contribution in [3.8, 4) is 0 Å². The van der Waals surface area contributed by atoms with Gasteiger partial charge in [-0.1, -0.05) is 31.0 Å². The Hall–Kier alpha value is -2.16. The van der Waals surface area contributed by atoms with E-state index in [4.69, 9.17) is 16.3 Å². The van der Waals surface area contributed by atoms with Crippen LogP contribution >= 0.6 is 22.9 Å². The number of urea groups is 1. The molecule has 0 aliphatic rings. The zero-order valence-corrected chi connectivity index (χ0v) is 17.6. The van der Waals surface area contributed by atoms with Crippen molar-refractivity contribution < 1.29 is 14.3 Å². The second-order valence-electron chi connectivity index (χ2n) is 6.09. The highest BCUT2D eigenvalue weighted by atomic mass is 35.5. The highest BCUT2D eigenvalue weighted by molar-refractivity contribution is 7.09. The fourth-order valence-electron chi connectivity index (χ4n) is 2.34. The van der Waals surface area contributed by atoms with Gasteiger partial charge in [0.25, 0.3) is 5.91 Å². The summed E-state index contributed by atoms with van der Waals surface area (Å²) in [5, 5.41) is 8.59. The molecule has 0 saturated heterocycles. The number of aromatic nitrogens is 1. The Morgan fingerprint density at radius 2 is 2.18 bits per heavy atom. The van der Waals surface area contributed by atoms with Gasteiger partial charge in [-0.05, 0) is 24.6 Å². The molecular weight excluding hydrogens is 400 g/mol. The molecule has 28 heavy (non-hydrogen) atoms. The minimum atomic E-state index is -0.288. The van der Waals surface area contributed by atoms with Crippen LogP contribution in [0, 0.1) is 0 Å². The van der Waals surface area contributed by atoms with E-state index in [-0.39, 0.29) is 18.5 Å². The second kappa shape index (κ2) is 11.6. The normalized spacial score (nSPS) is 10.5. The molecule has 7 nitrogen and oxygen atoms in total. The lowest BCUT2D eigenvalue weighted by atomic mass is 10.3. The number of rotatable bonds is 10. The van der Waals surface area contributed by atoms with Gasteiger partial charge < -0.3 is 20.3 Å². The van der Waals surface area contributed by atoms with E-state index in [0.717, 1.165) is 12.8 Å². The first-order valence-corrected chi connectivity index (χ1v) is 10.3. The fourth-order valence-corrected chi connectivity index (χ4v) is 3.32. The van der Waals surface area contributed by atoms with Gasteiger partial charge in [-0.2, -0.15) is 0 Å². The van der Waals surface area contributed by atoms with Crippen LogP contribution in [-0.2, 0) is 11.3 Å². The first-order chi connectivity index (χ1) is 13.5. The van der Waals surface area contributed by atoms with E-state index in [2.05, 4.69) is 22.5 Å². The fraction of sp³-hybridized carbons (Fsp3) is 0.421. The van der Waals surface area contributed by atoms with Crippen LogP contribution < -0.4 is 10.6 Å². The van der Waals surface area contributed by atoms with Gasteiger partial charge >= 0.3 is 6.03 Å². The van der Waals surface area contributed by atoms with Crippen molar-refractivity contribution in [2.24, 2.45) is 0 Å². The maximum atomic E-state index is 12.7. The number of nitrogens with zero attached hydrogens (tertiary/aromatic N) is 2. The van der Waals surface area contributed by atoms with Gasteiger partial charge in [0, 0.05) is 36.3 Å². The molecule has 2 rings (SSSR count). The van der Waals surface area contributed by atoms with Crippen LogP contribution in [-0.4, -0.2) is 48.6 Å². The number of ether oxygens (including phenoxy) is 1. The summed E-state index contributed by atoms with van der Waals surface area (Å²) in [5.41, 5.74) is 0.980. The summed E-state index contributed by atoms with van der Waals surface area (Å²) in [6, 6.07) is 6.66. The van der Waals surface area contributed by atoms with Gasteiger partial charge in [0.1, 0.15) is 10.7 Å². The number of hydrogen-bond donors (Lipinski definition) is 2. The lowest BCUT2D eigenvalue weighted by molar-refractivity contribution is 0.0948. The quantitative estimate of drug-likeness (QED) is 0.564. The van der Waals surface area contributed by atoms with Crippen LogP contribution in [0.25, 0.3) is 0 Å². The number of benzene rings is 1. The Morgan fingerprint density at radius 1 is 1.36 bits per heavy atom. The van der Waals surface area contributed by atoms with Crippen molar-refractivity contribution in [3.63, 3.8) is 0 Å². The predicted octanol–water partition coefficient (Wildman–Crippen LogP) is 4.01. The Bertz CT molecular complexity index is 784. The second-order valence-corrected chi connectivity index (χ2v) is 7.47. The highest BCUT2D eigenvalue weighted by Gasteiger charge is 2.17. The van der Waals surface area contributed by atoms with Crippen LogP contribution in [0.2, 0.25) is 5.02 Å². The lowest BCUT2D eigenvalue weighted by Gasteiger charge is -2.21. The third-order valence-electron chi connectivity index (χ3n) is 3.85. The molecule has 0 unspecified atom stereocenters. The molecule has 1 heterocycles. The standard InChI is InChI=1S/C19H25ClN4O3S/c1-3-4-8-21-18(25)16-13-28-17(23-16)12-24(9-10-27-2)19(26)22-15-7-5-6-14(20)11-15/h5-7,11,13H,3-4,8-10,12H2,1-2H3,(H,21,25)(H,22,26). The number of nitrogens with one attached hydrogen (secondary N) is 2. The van der Waals surface area contributed by atoms with Crippen LogP contribution in [0.15, 0.2) is 29.6 Å². The first-order valence-electron chi connectivity index (χ1n) is 9.06. The number of carbonyl (C=O) groups excluding carboxylic acids is 2. The molecule has 0 fully saturated rings. The molecule has 2 N–H and O–H groups in total. The smallest absolute Gasteiger partial charge is 0.322 e. The van der Waals surface area contributed by atoms with Gasteiger partial charge in [0.05, 0.1) is 13.2 Å². The van der Waals surface area contributed by atoms with Crippen molar-refractivity contribution in [1.29, 1.82) is 0 Å². The van der Waals surface area contributed by atoms with Crippen LogP contribution in [0.4, 0.5) is 10.5 Å². The SMILES string of the molecule is CCCCNC(=O)c1csc(CN(CCOC)C(=O)Nc2cccc(Cl)c2)n1. The minimum Gasteiger partial charge on any atom is -0.383 e. The van der Waals surface area contributed by atoms with Crippen molar-refractivity contribution in [2.75, 3.05) is 32.1 Å². The third-order valence-corrected chi connectivity index (χ3v) is 4.92. The largest absolute Gasteiger partial charge is 0.383 e. The molecule has 152 valence electrons. The summed E-state index contributed by atoms with van der Waals surface area (Å²) in [5.74, 6) is -0.192. The zero-order chi connectivity index (χ0) is 20.4. The van der Waals surface area contributed by atoms with Crippen molar-refractivity contribution in [3.05, 3.63) is 45.4 Å². The summed E-state index contributed by atoms with van der Waals surface area (Å²) in [6.45, 7) is 3.75. The maximum Gasteiger partial charge on any atom is 0.322 e. The monoisotopic (exact) mass is 424 g/mol. The number of halogens is 1. The number of unbranched alkanes of at least 4 members (excludes halogenated alkanes) is 1. The van der Waals surface area contributed by atoms with Gasteiger partial charge in [-0.25, -0.2) is 9.78 Å². The predicted molar refractivity (Wildman–Crippen MR) is 112 cm³/mol. The number of amides is 3. The Morgan fingerprint density at radius 3 is 2.89 bits per heavy atom. The molecule has 0 aliphatic heterocycles. The molecule has 0 aliphatic carbocycles. The Balaban J connectivity index is 2.01. The molecule has 9 heteroatoms. The topological polar surface area (TPSA) is 83.6 Å². The molecular formula is C19H25ClN4O3S. The van der Waals surface area contributed by atoms with Crippen LogP contribution in [0.1, 0.15) is 35.3 Å². The van der Waals surface area contributed by atoms with E-state index in [0.29, 0.717) is 41.1 Å². The minimum absolute atomic E-state index is 0.192. The molecule has 0 bridgehead atoms. The van der Waals surface area contributed by atoms with Gasteiger partial charge in [0.15, 0.2) is 0 Å². The van der Waals surface area contributed by atoms with Gasteiger partial charge in [0.2, 0.25) is 0 Å². The summed E-state index contributed by atoms with van der Waals surface area (Å²) in [4.78, 5) is 30.7. The Kier molecular flexibility index (Phi) is 9.19. The summed E-state index contributed by atoms with van der Waals surface area (Å²) in [6.07, 6.45) is 1.94. The average Bonchev–Trinajstić information content (AvgIpc) is 3.14. The Labute approximate surface area is 174 Å².